The zero-order valence-electron chi connectivity index (χ0n) is 13.9. The number of benzene rings is 1. The van der Waals surface area contributed by atoms with Crippen molar-refractivity contribution in [1.29, 1.82) is 5.26 Å². The van der Waals surface area contributed by atoms with Crippen molar-refractivity contribution in [1.82, 2.24) is 4.98 Å². The Bertz CT molecular complexity index is 946. The number of nitrogens with zero attached hydrogens (tertiary/aromatic N) is 3. The first-order valence-corrected chi connectivity index (χ1v) is 7.49. The largest absolute Gasteiger partial charge is 0.462 e. The molecule has 0 saturated heterocycles. The average molecular weight is 352 g/mol. The number of nitrogens with two attached hydrogens (primary N) is 3. The van der Waals surface area contributed by atoms with E-state index < -0.39 is 11.9 Å². The van der Waals surface area contributed by atoms with Crippen LogP contribution in [0.4, 0.5) is 11.6 Å². The molecule has 6 N–H and O–H groups in total. The molecule has 0 aliphatic carbocycles. The number of esters is 1. The number of anilines is 2. The molecule has 0 fully saturated rings. The minimum Gasteiger partial charge on any atom is -0.462 e. The molecule has 132 valence electrons. The van der Waals surface area contributed by atoms with Crippen LogP contribution in [0.3, 0.4) is 0 Å². The lowest BCUT2D eigenvalue weighted by Crippen LogP contribution is -2.21. The molecular weight excluding hydrogens is 336 g/mol. The molecule has 0 radical (unpaired) electrons. The second-order valence-corrected chi connectivity index (χ2v) is 5.07. The molecule has 0 unspecified atom stereocenters. The van der Waals surface area contributed by atoms with Crippen LogP contribution in [0.5, 0.6) is 0 Å². The summed E-state index contributed by atoms with van der Waals surface area (Å²) in [6.07, 6.45) is 0. The second kappa shape index (κ2) is 7.76. The fourth-order valence-electron chi connectivity index (χ4n) is 2.08. The topological polar surface area (TPSA) is 170 Å². The minimum absolute atomic E-state index is 0.0341. The highest BCUT2D eigenvalue weighted by Gasteiger charge is 2.18. The third kappa shape index (κ3) is 3.93. The van der Waals surface area contributed by atoms with E-state index >= 15 is 0 Å². The highest BCUT2D eigenvalue weighted by atomic mass is 16.5. The Morgan fingerprint density at radius 1 is 1.23 bits per heavy atom. The van der Waals surface area contributed by atoms with Gasteiger partial charge in [-0.3, -0.25) is 4.79 Å². The molecule has 1 aromatic carbocycles. The van der Waals surface area contributed by atoms with Crippen LogP contribution in [0, 0.1) is 11.3 Å². The summed E-state index contributed by atoms with van der Waals surface area (Å²) in [7, 11) is 0. The van der Waals surface area contributed by atoms with Gasteiger partial charge in [-0.1, -0.05) is 6.07 Å². The number of amides is 1. The van der Waals surface area contributed by atoms with Gasteiger partial charge in [-0.05, 0) is 31.2 Å². The van der Waals surface area contributed by atoms with Gasteiger partial charge in [0.25, 0.3) is 5.91 Å². The Morgan fingerprint density at radius 3 is 2.58 bits per heavy atom. The lowest BCUT2D eigenvalue weighted by Gasteiger charge is -2.09. The van der Waals surface area contributed by atoms with E-state index in [0.29, 0.717) is 5.56 Å². The normalized spacial score (nSPS) is 10.8. The number of amidine groups is 1. The molecular formula is C17H16N6O3. The first kappa shape index (κ1) is 18.4. The van der Waals surface area contributed by atoms with Crippen molar-refractivity contribution in [2.45, 2.75) is 6.92 Å². The maximum Gasteiger partial charge on any atom is 0.341 e. The van der Waals surface area contributed by atoms with E-state index in [1.54, 1.807) is 19.1 Å². The van der Waals surface area contributed by atoms with Crippen molar-refractivity contribution < 1.29 is 14.3 Å². The zero-order valence-corrected chi connectivity index (χ0v) is 13.9. The summed E-state index contributed by atoms with van der Waals surface area (Å²) in [4.78, 5) is 31.8. The summed E-state index contributed by atoms with van der Waals surface area (Å²) in [5.74, 6) is -1.82. The number of pyridine rings is 1. The van der Waals surface area contributed by atoms with Gasteiger partial charge in [-0.25, -0.2) is 9.78 Å². The SMILES string of the molecule is CCOC(=O)c1cc(C(N)=NC(=O)c2cccc(C#N)c2)c(N)nc1N. The molecule has 1 heterocycles. The van der Waals surface area contributed by atoms with E-state index in [-0.39, 0.29) is 40.8 Å². The Labute approximate surface area is 149 Å². The number of aromatic nitrogens is 1. The number of hydrogen-bond acceptors (Lipinski definition) is 7. The number of hydrogen-bond donors (Lipinski definition) is 3. The minimum atomic E-state index is -0.695. The zero-order chi connectivity index (χ0) is 19.3. The third-order valence-corrected chi connectivity index (χ3v) is 3.31. The van der Waals surface area contributed by atoms with Crippen molar-refractivity contribution in [3.8, 4) is 6.07 Å². The molecule has 0 bridgehead atoms. The molecule has 0 aliphatic heterocycles. The first-order chi connectivity index (χ1) is 12.4. The van der Waals surface area contributed by atoms with Crippen LogP contribution in [-0.4, -0.2) is 29.3 Å². The van der Waals surface area contributed by atoms with Crippen LogP contribution < -0.4 is 17.2 Å². The summed E-state index contributed by atoms with van der Waals surface area (Å²) < 4.78 is 4.88. The molecule has 2 aromatic rings. The van der Waals surface area contributed by atoms with E-state index in [2.05, 4.69) is 9.98 Å². The number of carbonyl (C=O) groups is 2. The van der Waals surface area contributed by atoms with E-state index in [1.165, 1.54) is 18.2 Å². The number of nitrogen functional groups attached to an aromatic ring is 2. The maximum atomic E-state index is 12.2. The van der Waals surface area contributed by atoms with Crippen molar-refractivity contribution in [3.05, 3.63) is 52.6 Å². The summed E-state index contributed by atoms with van der Waals surface area (Å²) >= 11 is 0. The average Bonchev–Trinajstić information content (AvgIpc) is 2.61. The number of ether oxygens (including phenoxy) is 1. The van der Waals surface area contributed by atoms with Crippen molar-refractivity contribution in [2.75, 3.05) is 18.1 Å². The molecule has 1 amide bonds. The van der Waals surface area contributed by atoms with E-state index in [0.717, 1.165) is 0 Å². The fourth-order valence-corrected chi connectivity index (χ4v) is 2.08. The van der Waals surface area contributed by atoms with Crippen LogP contribution in [0.2, 0.25) is 0 Å². The van der Waals surface area contributed by atoms with E-state index in [9.17, 15) is 9.59 Å². The summed E-state index contributed by atoms with van der Waals surface area (Å²) in [6.45, 7) is 1.79. The van der Waals surface area contributed by atoms with Crippen LogP contribution in [0.1, 0.15) is 38.8 Å². The van der Waals surface area contributed by atoms with Crippen LogP contribution in [0.25, 0.3) is 0 Å². The lowest BCUT2D eigenvalue weighted by molar-refractivity contribution is 0.0527. The molecule has 0 aliphatic rings. The highest BCUT2D eigenvalue weighted by Crippen LogP contribution is 2.18. The van der Waals surface area contributed by atoms with Gasteiger partial charge in [0.2, 0.25) is 0 Å². The molecule has 9 nitrogen and oxygen atoms in total. The number of aliphatic imine (C=N–C) groups is 1. The Morgan fingerprint density at radius 2 is 1.92 bits per heavy atom. The van der Waals surface area contributed by atoms with Gasteiger partial charge in [-0.2, -0.15) is 10.3 Å². The second-order valence-electron chi connectivity index (χ2n) is 5.07. The first-order valence-electron chi connectivity index (χ1n) is 7.49. The molecule has 0 spiro atoms. The molecule has 0 saturated carbocycles. The molecule has 2 rings (SSSR count). The van der Waals surface area contributed by atoms with Crippen LogP contribution in [-0.2, 0) is 4.74 Å². The monoisotopic (exact) mass is 352 g/mol. The number of rotatable bonds is 4. The smallest absolute Gasteiger partial charge is 0.341 e. The van der Waals surface area contributed by atoms with Crippen molar-refractivity contribution in [2.24, 2.45) is 10.7 Å². The van der Waals surface area contributed by atoms with Gasteiger partial charge >= 0.3 is 5.97 Å². The number of nitriles is 1. The third-order valence-electron chi connectivity index (χ3n) is 3.31. The van der Waals surface area contributed by atoms with E-state index in [4.69, 9.17) is 27.2 Å². The van der Waals surface area contributed by atoms with Crippen LogP contribution in [0.15, 0.2) is 35.3 Å². The maximum absolute atomic E-state index is 12.2. The van der Waals surface area contributed by atoms with E-state index in [1.807, 2.05) is 6.07 Å². The standard InChI is InChI=1S/C17H16N6O3/c1-2-26-17(25)12-7-11(13(19)22-15(12)21)14(20)23-16(24)10-5-3-4-9(6-10)8-18/h3-7H,2H2,1H3,(H4,19,21,22)(H2,20,23,24). The lowest BCUT2D eigenvalue weighted by atomic mass is 10.1. The van der Waals surface area contributed by atoms with Gasteiger partial charge in [0.15, 0.2) is 0 Å². The van der Waals surface area contributed by atoms with Gasteiger partial charge in [0.05, 0.1) is 23.8 Å². The highest BCUT2D eigenvalue weighted by molar-refractivity contribution is 6.11. The molecule has 0 atom stereocenters. The molecule has 1 aromatic heterocycles. The van der Waals surface area contributed by atoms with Crippen molar-refractivity contribution >= 4 is 29.3 Å². The van der Waals surface area contributed by atoms with Gasteiger partial charge in [0.1, 0.15) is 23.0 Å². The Kier molecular flexibility index (Phi) is 5.49. The summed E-state index contributed by atoms with van der Waals surface area (Å²) in [6, 6.07) is 9.18. The predicted octanol–water partition coefficient (Wildman–Crippen LogP) is 0.840. The van der Waals surface area contributed by atoms with Gasteiger partial charge in [-0.15, -0.1) is 0 Å². The quantitative estimate of drug-likeness (QED) is 0.412. The van der Waals surface area contributed by atoms with Gasteiger partial charge in [0, 0.05) is 5.56 Å². The predicted molar refractivity (Wildman–Crippen MR) is 95.2 cm³/mol. The molecule has 26 heavy (non-hydrogen) atoms. The van der Waals surface area contributed by atoms with Gasteiger partial charge < -0.3 is 21.9 Å². The van der Waals surface area contributed by atoms with Crippen molar-refractivity contribution in [3.63, 3.8) is 0 Å². The Balaban J connectivity index is 2.41. The van der Waals surface area contributed by atoms with Crippen LogP contribution >= 0.6 is 0 Å². The number of carbonyl (C=O) groups excluding carboxylic acids is 2. The summed E-state index contributed by atoms with van der Waals surface area (Å²) in [5.41, 5.74) is 17.8. The summed E-state index contributed by atoms with van der Waals surface area (Å²) in [5, 5.41) is 8.89. The molecule has 9 heteroatoms. The Hall–Kier alpha value is -3.93. The fraction of sp³-hybridized carbons (Fsp3) is 0.118.